The summed E-state index contributed by atoms with van der Waals surface area (Å²) in [5, 5.41) is 5.32. The molecule has 3 nitrogen and oxygen atoms in total. The van der Waals surface area contributed by atoms with Crippen molar-refractivity contribution >= 4 is 132 Å². The highest BCUT2D eigenvalue weighted by molar-refractivity contribution is 7.27. The average Bonchev–Trinajstić information content (AvgIpc) is 0.906. The third kappa shape index (κ3) is 7.54. The van der Waals surface area contributed by atoms with E-state index in [-0.39, 0.29) is 44.7 Å². The zero-order chi connectivity index (χ0) is 60.6. The minimum absolute atomic E-state index is 0.00584. The third-order valence-corrected chi connectivity index (χ3v) is 26.1. The minimum atomic E-state index is -0.211. The topological polar surface area (TPSA) is 9.72 Å². The Hall–Kier alpha value is -7.12. The summed E-state index contributed by atoms with van der Waals surface area (Å²) in [6.45, 7) is 32.4. The van der Waals surface area contributed by atoms with E-state index in [4.69, 9.17) is 0 Å². The van der Waals surface area contributed by atoms with Crippen LogP contribution in [0, 0.1) is 0 Å². The van der Waals surface area contributed by atoms with Gasteiger partial charge in [0, 0.05) is 70.5 Å². The molecule has 2 atom stereocenters. The van der Waals surface area contributed by atoms with Gasteiger partial charge in [0.25, 0.3) is 6.71 Å². The number of benzene rings is 9. The molecule has 0 saturated heterocycles. The quantitative estimate of drug-likeness (QED) is 0.163. The SMILES string of the molecule is CC(C)(C)c1ccc(-c2ccc3c(c2)C2(C)CCCCC2(C)N3c2cc3c4c(c2)N(c2cccc5c2sc2ccccc25)c2cc5c(cc2B4c2cc4c(cc2N3c2cccc3c2sc2ccccc23)C(C)(C)CCC4(C)C)C(C)(C)CCC5(C)C)cc1. The highest BCUT2D eigenvalue weighted by Crippen LogP contribution is 2.63. The van der Waals surface area contributed by atoms with Crippen molar-refractivity contribution in [3.8, 4) is 11.1 Å². The van der Waals surface area contributed by atoms with E-state index >= 15 is 0 Å². The van der Waals surface area contributed by atoms with Crippen molar-refractivity contribution in [1.82, 2.24) is 0 Å². The van der Waals surface area contributed by atoms with E-state index in [9.17, 15) is 0 Å². The maximum Gasteiger partial charge on any atom is 0.252 e. The molecule has 0 bridgehead atoms. The summed E-state index contributed by atoms with van der Waals surface area (Å²) >= 11 is 3.93. The fourth-order valence-corrected chi connectivity index (χ4v) is 20.5. The normalized spacial score (nSPS) is 21.7. The van der Waals surface area contributed by atoms with Crippen molar-refractivity contribution in [2.45, 2.75) is 179 Å². The van der Waals surface area contributed by atoms with E-state index in [0.717, 1.165) is 38.5 Å². The molecule has 9 aromatic carbocycles. The fraction of sp³-hybridized carbons (Fsp3) is 0.341. The van der Waals surface area contributed by atoms with Crippen LogP contribution in [-0.4, -0.2) is 12.3 Å². The van der Waals surface area contributed by atoms with Crippen LogP contribution in [0.1, 0.15) is 175 Å². The summed E-state index contributed by atoms with van der Waals surface area (Å²) in [5.41, 5.74) is 25.9. The zero-order valence-corrected chi connectivity index (χ0v) is 55.6. The molecular weight excluding hydrogens is 1100 g/mol. The maximum absolute atomic E-state index is 2.89. The van der Waals surface area contributed by atoms with Gasteiger partial charge >= 0.3 is 0 Å². The molecule has 11 aromatic rings. The summed E-state index contributed by atoms with van der Waals surface area (Å²) in [6.07, 6.45) is 9.31. The van der Waals surface area contributed by atoms with Crippen molar-refractivity contribution in [2.75, 3.05) is 14.7 Å². The first-order chi connectivity index (χ1) is 42.0. The standard InChI is InChI=1S/C82H82BN3S2/c1-76(2,3)51-33-30-49(31-34-51)50-32-35-64-61(42-50)81(12)36-18-19-37-82(81,13)86(64)52-43-69-73-70(44-52)85(66-27-21-25-56-54-23-15-17-29-72(54)88-75(56)66)68-48-60-58(78(6,7)39-41-80(60,10)11)46-63(68)83(73)62-45-57-59(79(8,9)40-38-77(57,4)5)47-67(62)84(69)65-26-20-24-55-53-22-14-16-28-71(53)87-74(55)65/h14-17,20-35,42-48H,18-19,36-41H2,1-13H3. The van der Waals surface area contributed by atoms with Crippen LogP contribution in [0.15, 0.2) is 164 Å². The Bertz CT molecular complexity index is 4590. The van der Waals surface area contributed by atoms with Crippen molar-refractivity contribution in [3.63, 3.8) is 0 Å². The highest BCUT2D eigenvalue weighted by atomic mass is 32.1. The van der Waals surface area contributed by atoms with Gasteiger partial charge in [0.15, 0.2) is 0 Å². The van der Waals surface area contributed by atoms with Gasteiger partial charge in [0.2, 0.25) is 0 Å². The van der Waals surface area contributed by atoms with E-state index in [1.165, 1.54) is 160 Å². The van der Waals surface area contributed by atoms with Crippen molar-refractivity contribution in [1.29, 1.82) is 0 Å². The van der Waals surface area contributed by atoms with Gasteiger partial charge in [-0.3, -0.25) is 0 Å². The minimum Gasteiger partial charge on any atom is -0.334 e. The number of hydrogen-bond donors (Lipinski definition) is 0. The number of rotatable bonds is 4. The first-order valence-corrected chi connectivity index (χ1v) is 34.6. The molecule has 0 amide bonds. The molecule has 0 N–H and O–H groups in total. The second-order valence-electron chi connectivity index (χ2n) is 31.7. The number of hydrogen-bond acceptors (Lipinski definition) is 5. The predicted octanol–water partition coefficient (Wildman–Crippen LogP) is 21.9. The van der Waals surface area contributed by atoms with Crippen molar-refractivity contribution in [2.24, 2.45) is 0 Å². The Balaban J connectivity index is 1.03. The summed E-state index contributed by atoms with van der Waals surface area (Å²) in [5.74, 6) is 0. The number of nitrogens with zero attached hydrogens (tertiary/aromatic N) is 3. The second-order valence-corrected chi connectivity index (χ2v) is 33.8. The van der Waals surface area contributed by atoms with Crippen LogP contribution in [0.3, 0.4) is 0 Å². The molecule has 3 aliphatic heterocycles. The lowest BCUT2D eigenvalue weighted by Gasteiger charge is -2.51. The summed E-state index contributed by atoms with van der Waals surface area (Å²) in [6, 6.07) is 66.0. The molecule has 3 aliphatic carbocycles. The second kappa shape index (κ2) is 18.3. The molecule has 6 heteroatoms. The summed E-state index contributed by atoms with van der Waals surface area (Å²) in [7, 11) is 0. The van der Waals surface area contributed by atoms with Gasteiger partial charge in [0.1, 0.15) is 0 Å². The lowest BCUT2D eigenvalue weighted by atomic mass is 9.32. The van der Waals surface area contributed by atoms with Crippen molar-refractivity contribution < 1.29 is 0 Å². The molecule has 5 heterocycles. The first kappa shape index (κ1) is 55.0. The van der Waals surface area contributed by atoms with Crippen LogP contribution in [-0.2, 0) is 32.5 Å². The van der Waals surface area contributed by atoms with Crippen LogP contribution in [0.4, 0.5) is 45.5 Å². The molecule has 6 aliphatic rings. The molecular formula is C82H82BN3S2. The molecule has 0 radical (unpaired) electrons. The Labute approximate surface area is 530 Å². The highest BCUT2D eigenvalue weighted by Gasteiger charge is 2.59. The van der Waals surface area contributed by atoms with Crippen LogP contribution in [0.5, 0.6) is 0 Å². The molecule has 440 valence electrons. The maximum atomic E-state index is 2.89. The van der Waals surface area contributed by atoms with Crippen LogP contribution < -0.4 is 31.1 Å². The van der Waals surface area contributed by atoms with Gasteiger partial charge in [-0.2, -0.15) is 0 Å². The Morgan fingerprint density at radius 2 is 0.841 bits per heavy atom. The zero-order valence-electron chi connectivity index (χ0n) is 54.0. The molecule has 17 rings (SSSR count). The van der Waals surface area contributed by atoms with Gasteiger partial charge in [-0.15, -0.1) is 22.7 Å². The molecule has 88 heavy (non-hydrogen) atoms. The van der Waals surface area contributed by atoms with Gasteiger partial charge < -0.3 is 14.7 Å². The third-order valence-electron chi connectivity index (χ3n) is 23.7. The number of thiophene rings is 2. The van der Waals surface area contributed by atoms with E-state index in [1.54, 1.807) is 0 Å². The van der Waals surface area contributed by atoms with E-state index in [2.05, 4.69) is 269 Å². The number of fused-ring (bicyclic) bond motifs is 15. The Kier molecular flexibility index (Phi) is 11.4. The lowest BCUT2D eigenvalue weighted by Crippen LogP contribution is -2.62. The Morgan fingerprint density at radius 1 is 0.386 bits per heavy atom. The van der Waals surface area contributed by atoms with Gasteiger partial charge in [-0.25, -0.2) is 0 Å². The molecule has 1 fully saturated rings. The summed E-state index contributed by atoms with van der Waals surface area (Å²) in [4.78, 5) is 8.50. The van der Waals surface area contributed by atoms with Crippen LogP contribution in [0.2, 0.25) is 0 Å². The predicted molar refractivity (Wildman–Crippen MR) is 384 cm³/mol. The van der Waals surface area contributed by atoms with Crippen molar-refractivity contribution in [3.05, 3.63) is 197 Å². The smallest absolute Gasteiger partial charge is 0.252 e. The van der Waals surface area contributed by atoms with Crippen LogP contribution >= 0.6 is 22.7 Å². The fourth-order valence-electron chi connectivity index (χ4n) is 18.0. The van der Waals surface area contributed by atoms with Gasteiger partial charge in [-0.05, 0) is 194 Å². The summed E-state index contributed by atoms with van der Waals surface area (Å²) < 4.78 is 5.34. The number of anilines is 8. The largest absolute Gasteiger partial charge is 0.334 e. The van der Waals surface area contributed by atoms with E-state index in [1.807, 2.05) is 22.7 Å². The Morgan fingerprint density at radius 3 is 1.34 bits per heavy atom. The van der Waals surface area contributed by atoms with E-state index < -0.39 is 0 Å². The van der Waals surface area contributed by atoms with Crippen LogP contribution in [0.25, 0.3) is 51.5 Å². The van der Waals surface area contributed by atoms with E-state index in [0.29, 0.717) is 0 Å². The molecule has 2 aromatic heterocycles. The molecule has 2 unspecified atom stereocenters. The molecule has 0 spiro atoms. The van der Waals surface area contributed by atoms with Gasteiger partial charge in [0.05, 0.1) is 26.3 Å². The average molecular weight is 1180 g/mol. The monoisotopic (exact) mass is 1180 g/mol. The van der Waals surface area contributed by atoms with Gasteiger partial charge in [-0.1, -0.05) is 199 Å². The molecule has 1 saturated carbocycles. The lowest BCUT2D eigenvalue weighted by molar-refractivity contribution is 0.195. The first-order valence-electron chi connectivity index (χ1n) is 33.0.